The van der Waals surface area contributed by atoms with Gasteiger partial charge in [0.2, 0.25) is 6.29 Å². The Hall–Kier alpha value is -3.22. The van der Waals surface area contributed by atoms with Crippen molar-refractivity contribution in [3.8, 4) is 24.7 Å². The van der Waals surface area contributed by atoms with E-state index in [0.29, 0.717) is 31.1 Å². The summed E-state index contributed by atoms with van der Waals surface area (Å²) in [5.41, 5.74) is 1.39. The minimum absolute atomic E-state index is 0.0511. The van der Waals surface area contributed by atoms with Gasteiger partial charge in [0.05, 0.1) is 12.7 Å². The van der Waals surface area contributed by atoms with Crippen molar-refractivity contribution in [1.29, 1.82) is 0 Å². The molecule has 0 aliphatic heterocycles. The van der Waals surface area contributed by atoms with E-state index < -0.39 is 18.4 Å². The number of esters is 1. The van der Waals surface area contributed by atoms with E-state index in [0.717, 1.165) is 44.9 Å². The van der Waals surface area contributed by atoms with Gasteiger partial charge < -0.3 is 19.3 Å². The Kier molecular flexibility index (Phi) is 16.3. The van der Waals surface area contributed by atoms with Gasteiger partial charge in [-0.2, -0.15) is 0 Å². The molecule has 0 amide bonds. The lowest BCUT2D eigenvalue weighted by molar-refractivity contribution is -0.168. The second-order valence-electron chi connectivity index (χ2n) is 10.7. The molecule has 1 aromatic carbocycles. The molecule has 6 heteroatoms. The highest BCUT2D eigenvalue weighted by Gasteiger charge is 2.33. The Morgan fingerprint density at radius 1 is 1.02 bits per heavy atom. The summed E-state index contributed by atoms with van der Waals surface area (Å²) in [6, 6.07) is 10.6. The maximum Gasteiger partial charge on any atom is 0.511 e. The summed E-state index contributed by atoms with van der Waals surface area (Å²) in [6.07, 6.45) is 23.8. The fourth-order valence-corrected chi connectivity index (χ4v) is 5.28. The van der Waals surface area contributed by atoms with Gasteiger partial charge in [-0.1, -0.05) is 55.3 Å². The molecule has 0 bridgehead atoms. The number of hydrogen-bond donors (Lipinski definition) is 1. The Balaban J connectivity index is 1.55. The fraction of sp³-hybridized carbons (Fsp3) is 0.588. The minimum Gasteiger partial charge on any atom is -0.434 e. The molecule has 2 rings (SSSR count). The molecule has 40 heavy (non-hydrogen) atoms. The number of allylic oxidation sites excluding steroid dienone is 2. The van der Waals surface area contributed by atoms with Crippen LogP contribution in [0.1, 0.15) is 89.5 Å². The number of terminal acetylenes is 2. The fourth-order valence-electron chi connectivity index (χ4n) is 5.28. The lowest BCUT2D eigenvalue weighted by Gasteiger charge is -2.21. The van der Waals surface area contributed by atoms with E-state index in [1.54, 1.807) is 0 Å². The third-order valence-corrected chi connectivity index (χ3v) is 7.45. The molecule has 6 nitrogen and oxygen atoms in total. The summed E-state index contributed by atoms with van der Waals surface area (Å²) in [5.74, 6) is 5.33. The normalized spacial score (nSPS) is 19.2. The number of carbonyl (C=O) groups excluding carboxylic acids is 2. The Morgan fingerprint density at radius 2 is 1.77 bits per heavy atom. The van der Waals surface area contributed by atoms with E-state index in [1.165, 1.54) is 25.3 Å². The van der Waals surface area contributed by atoms with Crippen LogP contribution in [-0.4, -0.2) is 36.2 Å². The molecular weight excluding hydrogens is 504 g/mol. The maximum atomic E-state index is 12.1. The molecule has 0 spiro atoms. The lowest BCUT2D eigenvalue weighted by Crippen LogP contribution is -2.23. The van der Waals surface area contributed by atoms with Gasteiger partial charge in [-0.05, 0) is 68.8 Å². The Labute approximate surface area is 240 Å². The zero-order valence-corrected chi connectivity index (χ0v) is 24.0. The molecule has 218 valence electrons. The van der Waals surface area contributed by atoms with E-state index in [2.05, 4.69) is 54.3 Å². The van der Waals surface area contributed by atoms with Crippen LogP contribution >= 0.6 is 0 Å². The molecule has 0 heterocycles. The summed E-state index contributed by atoms with van der Waals surface area (Å²) in [5, 5.41) is 10.5. The smallest absolute Gasteiger partial charge is 0.434 e. The minimum atomic E-state index is -1.04. The SMILES string of the molecule is C#CCC(CC#C)COC(=O)OC(C)OC(=O)CCC/C=C\C[C@H]1CC[C@@H](O)[C@@H]1CCCCCc1ccccc1. The van der Waals surface area contributed by atoms with Gasteiger partial charge in [0.15, 0.2) is 0 Å². The first-order valence-electron chi connectivity index (χ1n) is 14.7. The quantitative estimate of drug-likeness (QED) is 0.0697. The summed E-state index contributed by atoms with van der Waals surface area (Å²) >= 11 is 0. The molecular formula is C34H46O6. The van der Waals surface area contributed by atoms with Crippen molar-refractivity contribution in [3.05, 3.63) is 48.0 Å². The zero-order chi connectivity index (χ0) is 29.0. The molecule has 1 aliphatic rings. The van der Waals surface area contributed by atoms with Crippen molar-refractivity contribution in [2.45, 2.75) is 103 Å². The van der Waals surface area contributed by atoms with Crippen molar-refractivity contribution in [2.24, 2.45) is 17.8 Å². The van der Waals surface area contributed by atoms with Crippen molar-refractivity contribution in [2.75, 3.05) is 6.61 Å². The zero-order valence-electron chi connectivity index (χ0n) is 24.0. The van der Waals surface area contributed by atoms with Crippen molar-refractivity contribution in [1.82, 2.24) is 0 Å². The predicted molar refractivity (Wildman–Crippen MR) is 157 cm³/mol. The van der Waals surface area contributed by atoms with Crippen molar-refractivity contribution < 1.29 is 28.9 Å². The topological polar surface area (TPSA) is 82.1 Å². The second-order valence-corrected chi connectivity index (χ2v) is 10.7. The average molecular weight is 551 g/mol. The molecule has 0 radical (unpaired) electrons. The van der Waals surface area contributed by atoms with E-state index in [4.69, 9.17) is 27.1 Å². The third-order valence-electron chi connectivity index (χ3n) is 7.45. The number of benzene rings is 1. The number of carbonyl (C=O) groups is 2. The standard InChI is InChI=1S/C34H46O6/c1-4-16-29(17-5-2)26-38-34(37)40-27(3)39-33(36)23-15-7-6-13-21-30-24-25-32(35)31(30)22-14-9-12-20-28-18-10-8-11-19-28/h1-2,6,8,10-11,13,18-19,27,29-32,35H,7,9,12,14-17,20-26H2,3H3/b13-6-/t27?,30-,31+,32+/m0/s1. The van der Waals surface area contributed by atoms with Crippen molar-refractivity contribution in [3.63, 3.8) is 0 Å². The first-order valence-corrected chi connectivity index (χ1v) is 14.7. The van der Waals surface area contributed by atoms with Crippen LogP contribution in [0.3, 0.4) is 0 Å². The van der Waals surface area contributed by atoms with Gasteiger partial charge in [0.25, 0.3) is 0 Å². The monoisotopic (exact) mass is 550 g/mol. The van der Waals surface area contributed by atoms with Crippen LogP contribution in [0.15, 0.2) is 42.5 Å². The molecule has 1 aliphatic carbocycles. The maximum absolute atomic E-state index is 12.1. The van der Waals surface area contributed by atoms with Gasteiger partial charge in [0, 0.05) is 32.1 Å². The van der Waals surface area contributed by atoms with Crippen LogP contribution in [0.4, 0.5) is 4.79 Å². The van der Waals surface area contributed by atoms with Crippen LogP contribution in [0.2, 0.25) is 0 Å². The van der Waals surface area contributed by atoms with E-state index in [-0.39, 0.29) is 25.0 Å². The predicted octanol–water partition coefficient (Wildman–Crippen LogP) is 7.00. The number of hydrogen-bond acceptors (Lipinski definition) is 6. The van der Waals surface area contributed by atoms with Gasteiger partial charge in [0.1, 0.15) is 0 Å². The molecule has 1 N–H and O–H groups in total. The number of aliphatic hydroxyl groups is 1. The Morgan fingerprint density at radius 3 is 2.50 bits per heavy atom. The first-order chi connectivity index (χ1) is 19.4. The van der Waals surface area contributed by atoms with Gasteiger partial charge >= 0.3 is 12.1 Å². The molecule has 0 saturated heterocycles. The van der Waals surface area contributed by atoms with E-state index in [9.17, 15) is 14.7 Å². The van der Waals surface area contributed by atoms with E-state index in [1.807, 2.05) is 0 Å². The summed E-state index contributed by atoms with van der Waals surface area (Å²) in [6.45, 7) is 1.52. The summed E-state index contributed by atoms with van der Waals surface area (Å²) < 4.78 is 15.1. The van der Waals surface area contributed by atoms with Crippen molar-refractivity contribution >= 4 is 12.1 Å². The highest BCUT2D eigenvalue weighted by atomic mass is 16.8. The van der Waals surface area contributed by atoms with Crippen LogP contribution < -0.4 is 0 Å². The number of aryl methyl sites for hydroxylation is 1. The van der Waals surface area contributed by atoms with Crippen LogP contribution in [-0.2, 0) is 25.4 Å². The average Bonchev–Trinajstić information content (AvgIpc) is 3.28. The first kappa shape index (κ1) is 33.0. The highest BCUT2D eigenvalue weighted by Crippen LogP contribution is 2.38. The van der Waals surface area contributed by atoms with Crippen LogP contribution in [0.25, 0.3) is 0 Å². The second kappa shape index (κ2) is 19.8. The lowest BCUT2D eigenvalue weighted by atomic mass is 9.87. The largest absolute Gasteiger partial charge is 0.511 e. The van der Waals surface area contributed by atoms with E-state index >= 15 is 0 Å². The molecule has 1 saturated carbocycles. The number of ether oxygens (including phenoxy) is 3. The molecule has 1 aromatic rings. The van der Waals surface area contributed by atoms with Crippen LogP contribution in [0, 0.1) is 42.4 Å². The van der Waals surface area contributed by atoms with Gasteiger partial charge in [-0.15, -0.1) is 24.7 Å². The third kappa shape index (κ3) is 13.7. The highest BCUT2D eigenvalue weighted by molar-refractivity contribution is 5.69. The Bertz CT molecular complexity index is 956. The number of rotatable bonds is 18. The summed E-state index contributed by atoms with van der Waals surface area (Å²) in [7, 11) is 0. The molecule has 0 aromatic heterocycles. The van der Waals surface area contributed by atoms with Gasteiger partial charge in [-0.3, -0.25) is 4.79 Å². The van der Waals surface area contributed by atoms with Crippen LogP contribution in [0.5, 0.6) is 0 Å². The summed E-state index contributed by atoms with van der Waals surface area (Å²) in [4.78, 5) is 23.9. The number of unbranched alkanes of at least 4 members (excludes halogenated alkanes) is 3. The van der Waals surface area contributed by atoms with Gasteiger partial charge in [-0.25, -0.2) is 4.79 Å². The molecule has 1 fully saturated rings. The number of aliphatic hydroxyl groups excluding tert-OH is 1. The molecule has 1 unspecified atom stereocenters. The molecule has 4 atom stereocenters.